The summed E-state index contributed by atoms with van der Waals surface area (Å²) in [6.45, 7) is 13.9. The second-order valence-corrected chi connectivity index (χ2v) is 11.0. The van der Waals surface area contributed by atoms with Gasteiger partial charge in [0.1, 0.15) is 5.60 Å². The molecule has 0 aliphatic heterocycles. The third-order valence-corrected chi connectivity index (χ3v) is 7.10. The molecule has 0 radical (unpaired) electrons. The number of amides is 1. The summed E-state index contributed by atoms with van der Waals surface area (Å²) in [6.07, 6.45) is 0.405. The van der Waals surface area contributed by atoms with Gasteiger partial charge >= 0.3 is 6.09 Å². The molecule has 0 spiro atoms. The zero-order chi connectivity index (χ0) is 22.8. The minimum atomic E-state index is -0.567. The maximum absolute atomic E-state index is 12.4. The first-order chi connectivity index (χ1) is 14.6. The Bertz CT molecular complexity index is 1050. The van der Waals surface area contributed by atoms with Gasteiger partial charge in [-0.05, 0) is 51.7 Å². The number of ether oxygens (including phenoxy) is 1. The maximum atomic E-state index is 12.4. The van der Waals surface area contributed by atoms with Crippen LogP contribution in [0.1, 0.15) is 69.6 Å². The van der Waals surface area contributed by atoms with Crippen molar-refractivity contribution in [2.24, 2.45) is 5.92 Å². The van der Waals surface area contributed by atoms with Gasteiger partial charge in [0.05, 0.1) is 6.04 Å². The maximum Gasteiger partial charge on any atom is 0.408 e. The van der Waals surface area contributed by atoms with Crippen molar-refractivity contribution in [2.45, 2.75) is 76.6 Å². The van der Waals surface area contributed by atoms with Crippen molar-refractivity contribution in [1.29, 1.82) is 0 Å². The molecule has 0 fully saturated rings. The number of hydrogen-bond acceptors (Lipinski definition) is 7. The Hall–Kier alpha value is -2.13. The van der Waals surface area contributed by atoms with E-state index in [9.17, 15) is 4.79 Å². The molecule has 9 heteroatoms. The highest BCUT2D eigenvalue weighted by atomic mass is 32.2. The Balaban J connectivity index is 1.81. The number of rotatable bonds is 7. The Morgan fingerprint density at radius 3 is 2.71 bits per heavy atom. The van der Waals surface area contributed by atoms with Crippen LogP contribution in [0.2, 0.25) is 0 Å². The van der Waals surface area contributed by atoms with Crippen LogP contribution in [0.4, 0.5) is 4.79 Å². The molecular formula is C22H31N5O2S2. The van der Waals surface area contributed by atoms with E-state index < -0.39 is 11.7 Å². The SMILES string of the molecule is CCC(C)C(NC(=O)OC(C)(C)C)c1nnc2sc(SCc3cc(C)ccc3C)nn12. The van der Waals surface area contributed by atoms with Crippen LogP contribution in [0.25, 0.3) is 4.96 Å². The third kappa shape index (κ3) is 5.98. The Morgan fingerprint density at radius 1 is 1.29 bits per heavy atom. The summed E-state index contributed by atoms with van der Waals surface area (Å²) >= 11 is 3.20. The van der Waals surface area contributed by atoms with Gasteiger partial charge in [-0.2, -0.15) is 4.52 Å². The molecule has 7 nitrogen and oxygen atoms in total. The minimum absolute atomic E-state index is 0.146. The summed E-state index contributed by atoms with van der Waals surface area (Å²) in [4.78, 5) is 13.2. The van der Waals surface area contributed by atoms with Crippen molar-refractivity contribution in [3.05, 3.63) is 40.7 Å². The Morgan fingerprint density at radius 2 is 2.03 bits per heavy atom. The highest BCUT2D eigenvalue weighted by molar-refractivity contribution is 8.00. The topological polar surface area (TPSA) is 81.4 Å². The van der Waals surface area contributed by atoms with Crippen molar-refractivity contribution >= 4 is 34.2 Å². The molecule has 31 heavy (non-hydrogen) atoms. The number of benzene rings is 1. The first-order valence-electron chi connectivity index (χ1n) is 10.5. The van der Waals surface area contributed by atoms with Crippen molar-refractivity contribution in [3.8, 4) is 0 Å². The standard InChI is InChI=1S/C22H31N5O2S2/c1-8-14(3)17(23-20(28)29-22(5,6)7)18-24-25-19-27(18)26-21(31-19)30-12-16-11-13(2)9-10-15(16)4/h9-11,14,17H,8,12H2,1-7H3,(H,23,28). The summed E-state index contributed by atoms with van der Waals surface area (Å²) in [6, 6.07) is 6.17. The number of aromatic nitrogens is 4. The molecule has 0 bridgehead atoms. The fourth-order valence-corrected chi connectivity index (χ4v) is 5.04. The number of nitrogens with one attached hydrogen (secondary N) is 1. The molecule has 2 unspecified atom stereocenters. The number of carbonyl (C=O) groups excluding carboxylic acids is 1. The second kappa shape index (κ2) is 9.56. The van der Waals surface area contributed by atoms with E-state index in [4.69, 9.17) is 9.84 Å². The quantitative estimate of drug-likeness (QED) is 0.454. The molecular weight excluding hydrogens is 430 g/mol. The first-order valence-corrected chi connectivity index (χ1v) is 12.3. The fraction of sp³-hybridized carbons (Fsp3) is 0.545. The third-order valence-electron chi connectivity index (χ3n) is 5.02. The molecule has 1 amide bonds. The molecule has 0 saturated heterocycles. The van der Waals surface area contributed by atoms with Gasteiger partial charge in [-0.25, -0.2) is 4.79 Å². The van der Waals surface area contributed by atoms with Crippen molar-refractivity contribution in [3.63, 3.8) is 0 Å². The summed E-state index contributed by atoms with van der Waals surface area (Å²) < 4.78 is 8.13. The number of aryl methyl sites for hydroxylation is 2. The largest absolute Gasteiger partial charge is 0.444 e. The van der Waals surface area contributed by atoms with Gasteiger partial charge in [0.2, 0.25) is 4.96 Å². The first kappa shape index (κ1) is 23.5. The predicted molar refractivity (Wildman–Crippen MR) is 126 cm³/mol. The molecule has 2 aromatic heterocycles. The normalized spacial score (nSPS) is 13.9. The lowest BCUT2D eigenvalue weighted by molar-refractivity contribution is 0.0482. The Labute approximate surface area is 192 Å². The van der Waals surface area contributed by atoms with Gasteiger partial charge in [0.25, 0.3) is 0 Å². The lowest BCUT2D eigenvalue weighted by atomic mass is 9.99. The molecule has 2 atom stereocenters. The van der Waals surface area contributed by atoms with Crippen LogP contribution in [-0.4, -0.2) is 31.5 Å². The van der Waals surface area contributed by atoms with Gasteiger partial charge in [-0.15, -0.1) is 15.3 Å². The van der Waals surface area contributed by atoms with Crippen LogP contribution in [-0.2, 0) is 10.5 Å². The zero-order valence-electron chi connectivity index (χ0n) is 19.2. The molecule has 0 aliphatic rings. The molecule has 0 saturated carbocycles. The number of thioether (sulfide) groups is 1. The highest BCUT2D eigenvalue weighted by Gasteiger charge is 2.29. The van der Waals surface area contributed by atoms with Crippen molar-refractivity contribution in [2.75, 3.05) is 0 Å². The summed E-state index contributed by atoms with van der Waals surface area (Å²) in [7, 11) is 0. The highest BCUT2D eigenvalue weighted by Crippen LogP contribution is 2.31. The average Bonchev–Trinajstić information content (AvgIpc) is 3.25. The summed E-state index contributed by atoms with van der Waals surface area (Å²) in [5.41, 5.74) is 3.27. The molecule has 1 N–H and O–H groups in total. The van der Waals surface area contributed by atoms with E-state index in [0.29, 0.717) is 5.82 Å². The smallest absolute Gasteiger partial charge is 0.408 e. The molecule has 3 rings (SSSR count). The van der Waals surface area contributed by atoms with E-state index in [1.165, 1.54) is 28.0 Å². The van der Waals surface area contributed by atoms with E-state index in [-0.39, 0.29) is 12.0 Å². The summed E-state index contributed by atoms with van der Waals surface area (Å²) in [5, 5.41) is 16.4. The van der Waals surface area contributed by atoms with Gasteiger partial charge in [-0.3, -0.25) is 0 Å². The van der Waals surface area contributed by atoms with Crippen LogP contribution < -0.4 is 5.32 Å². The van der Waals surface area contributed by atoms with E-state index in [2.05, 4.69) is 61.4 Å². The van der Waals surface area contributed by atoms with Crippen molar-refractivity contribution in [1.82, 2.24) is 25.1 Å². The molecule has 3 aromatic rings. The van der Waals surface area contributed by atoms with E-state index >= 15 is 0 Å². The van der Waals surface area contributed by atoms with E-state index in [1.807, 2.05) is 20.8 Å². The van der Waals surface area contributed by atoms with Crippen LogP contribution in [0.5, 0.6) is 0 Å². The summed E-state index contributed by atoms with van der Waals surface area (Å²) in [5.74, 6) is 1.62. The molecule has 168 valence electrons. The van der Waals surface area contributed by atoms with Crippen molar-refractivity contribution < 1.29 is 9.53 Å². The fourth-order valence-electron chi connectivity index (χ4n) is 3.09. The van der Waals surface area contributed by atoms with Crippen LogP contribution in [0.3, 0.4) is 0 Å². The second-order valence-electron chi connectivity index (χ2n) is 8.85. The number of nitrogens with zero attached hydrogens (tertiary/aromatic N) is 4. The average molecular weight is 462 g/mol. The Kier molecular flexibility index (Phi) is 7.26. The lowest BCUT2D eigenvalue weighted by Gasteiger charge is -2.25. The van der Waals surface area contributed by atoms with Gasteiger partial charge in [0.15, 0.2) is 10.2 Å². The van der Waals surface area contributed by atoms with Gasteiger partial charge in [0, 0.05) is 5.75 Å². The van der Waals surface area contributed by atoms with Gasteiger partial charge in [-0.1, -0.05) is 67.1 Å². The van der Waals surface area contributed by atoms with E-state index in [0.717, 1.165) is 21.5 Å². The number of alkyl carbamates (subject to hydrolysis) is 1. The number of carbonyl (C=O) groups is 1. The van der Waals surface area contributed by atoms with Gasteiger partial charge < -0.3 is 10.1 Å². The zero-order valence-corrected chi connectivity index (χ0v) is 20.9. The minimum Gasteiger partial charge on any atom is -0.444 e. The number of fused-ring (bicyclic) bond motifs is 1. The van der Waals surface area contributed by atoms with Crippen LogP contribution in [0.15, 0.2) is 22.5 Å². The molecule has 1 aromatic carbocycles. The monoisotopic (exact) mass is 461 g/mol. The number of hydrogen-bond donors (Lipinski definition) is 1. The lowest BCUT2D eigenvalue weighted by Crippen LogP contribution is -2.38. The molecule has 2 heterocycles. The molecule has 0 aliphatic carbocycles. The van der Waals surface area contributed by atoms with E-state index in [1.54, 1.807) is 16.3 Å². The predicted octanol–water partition coefficient (Wildman–Crippen LogP) is 5.71. The van der Waals surface area contributed by atoms with Crippen LogP contribution in [0, 0.1) is 19.8 Å². The van der Waals surface area contributed by atoms with Crippen LogP contribution >= 0.6 is 23.1 Å².